The first-order valence-electron chi connectivity index (χ1n) is 8.90. The molecule has 0 saturated carbocycles. The Hall–Kier alpha value is -3.61. The molecule has 0 amide bonds. The van der Waals surface area contributed by atoms with E-state index in [2.05, 4.69) is 14.8 Å². The SMILES string of the molecule is [C-]#[N+]c1c(C(F)(F)C(F)(F)F)cc(-c2cnccn2)n(Cc2ccc(C)cc2C)c1=O. The molecule has 31 heavy (non-hydrogen) atoms. The maximum atomic E-state index is 14.2. The van der Waals surface area contributed by atoms with E-state index in [1.807, 2.05) is 13.0 Å². The number of nitrogens with zero attached hydrogens (tertiary/aromatic N) is 4. The van der Waals surface area contributed by atoms with Gasteiger partial charge in [-0.25, -0.2) is 4.85 Å². The van der Waals surface area contributed by atoms with Crippen molar-refractivity contribution in [3.8, 4) is 11.4 Å². The Bertz CT molecular complexity index is 1230. The number of rotatable bonds is 4. The van der Waals surface area contributed by atoms with Crippen LogP contribution in [0, 0.1) is 20.4 Å². The van der Waals surface area contributed by atoms with Gasteiger partial charge in [-0.3, -0.25) is 14.8 Å². The van der Waals surface area contributed by atoms with E-state index in [9.17, 15) is 26.7 Å². The molecule has 0 unspecified atom stereocenters. The molecule has 2 heterocycles. The van der Waals surface area contributed by atoms with Crippen molar-refractivity contribution in [1.82, 2.24) is 14.5 Å². The van der Waals surface area contributed by atoms with Gasteiger partial charge in [-0.15, -0.1) is 0 Å². The smallest absolute Gasteiger partial charge is 0.311 e. The van der Waals surface area contributed by atoms with E-state index in [1.54, 1.807) is 19.1 Å². The summed E-state index contributed by atoms with van der Waals surface area (Å²) in [7, 11) is 0. The standard InChI is InChI=1S/C21H15F5N4O/c1-12-4-5-14(13(2)8-12)11-30-17(16-10-28-6-7-29-16)9-15(18(27-3)19(30)31)20(22,23)21(24,25)26/h4-10H,11H2,1-2H3. The average molecular weight is 434 g/mol. The summed E-state index contributed by atoms with van der Waals surface area (Å²) >= 11 is 0. The van der Waals surface area contributed by atoms with Crippen LogP contribution in [0.1, 0.15) is 22.3 Å². The minimum absolute atomic E-state index is 0.0832. The molecular formula is C21H15F5N4O. The van der Waals surface area contributed by atoms with Crippen LogP contribution >= 0.6 is 0 Å². The van der Waals surface area contributed by atoms with E-state index in [4.69, 9.17) is 6.57 Å². The zero-order valence-corrected chi connectivity index (χ0v) is 16.3. The maximum absolute atomic E-state index is 14.2. The summed E-state index contributed by atoms with van der Waals surface area (Å²) in [4.78, 5) is 23.4. The zero-order chi connectivity index (χ0) is 23.0. The van der Waals surface area contributed by atoms with Crippen LogP contribution in [0.4, 0.5) is 27.6 Å². The summed E-state index contributed by atoms with van der Waals surface area (Å²) in [5.74, 6) is -5.40. The number of hydrogen-bond donors (Lipinski definition) is 0. The van der Waals surface area contributed by atoms with Gasteiger partial charge < -0.3 is 4.57 Å². The number of benzene rings is 1. The van der Waals surface area contributed by atoms with Crippen molar-refractivity contribution < 1.29 is 22.0 Å². The van der Waals surface area contributed by atoms with E-state index in [1.165, 1.54) is 12.4 Å². The fourth-order valence-electron chi connectivity index (χ4n) is 3.13. The lowest BCUT2D eigenvalue weighted by Crippen LogP contribution is -2.36. The molecule has 0 N–H and O–H groups in total. The number of pyridine rings is 1. The fraction of sp³-hybridized carbons (Fsp3) is 0.238. The normalized spacial score (nSPS) is 11.9. The molecule has 2 aromatic heterocycles. The predicted octanol–water partition coefficient (Wildman–Crippen LogP) is 5.18. The lowest BCUT2D eigenvalue weighted by atomic mass is 10.0. The van der Waals surface area contributed by atoms with Crippen molar-refractivity contribution in [2.75, 3.05) is 0 Å². The van der Waals surface area contributed by atoms with Gasteiger partial charge in [0.2, 0.25) is 0 Å². The molecule has 0 aliphatic carbocycles. The highest BCUT2D eigenvalue weighted by Gasteiger charge is 2.60. The lowest BCUT2D eigenvalue weighted by Gasteiger charge is -2.23. The topological polar surface area (TPSA) is 52.1 Å². The summed E-state index contributed by atoms with van der Waals surface area (Å²) < 4.78 is 68.5. The molecule has 1 aromatic carbocycles. The molecule has 0 bridgehead atoms. The Kier molecular flexibility index (Phi) is 5.63. The molecule has 5 nitrogen and oxygen atoms in total. The van der Waals surface area contributed by atoms with Gasteiger partial charge in [0.15, 0.2) is 0 Å². The molecule has 160 valence electrons. The van der Waals surface area contributed by atoms with Crippen LogP contribution in [0.25, 0.3) is 16.2 Å². The third-order valence-electron chi connectivity index (χ3n) is 4.73. The van der Waals surface area contributed by atoms with Crippen molar-refractivity contribution in [3.05, 3.63) is 86.9 Å². The van der Waals surface area contributed by atoms with Crippen molar-refractivity contribution in [1.29, 1.82) is 0 Å². The average Bonchev–Trinajstić information content (AvgIpc) is 2.70. The second kappa shape index (κ2) is 7.91. The summed E-state index contributed by atoms with van der Waals surface area (Å²) in [5, 5.41) is 0. The highest BCUT2D eigenvalue weighted by Crippen LogP contribution is 2.47. The minimum Gasteiger partial charge on any atom is -0.311 e. The first-order valence-corrected chi connectivity index (χ1v) is 8.90. The van der Waals surface area contributed by atoms with Crippen LogP contribution in [0.15, 0.2) is 47.7 Å². The van der Waals surface area contributed by atoms with Crippen LogP contribution in [-0.4, -0.2) is 20.7 Å². The lowest BCUT2D eigenvalue weighted by molar-refractivity contribution is -0.289. The van der Waals surface area contributed by atoms with Crippen molar-refractivity contribution in [2.45, 2.75) is 32.5 Å². The van der Waals surface area contributed by atoms with Gasteiger partial charge in [0.25, 0.3) is 11.2 Å². The zero-order valence-electron chi connectivity index (χ0n) is 16.3. The Morgan fingerprint density at radius 1 is 1.10 bits per heavy atom. The van der Waals surface area contributed by atoms with Crippen molar-refractivity contribution in [2.24, 2.45) is 0 Å². The number of aromatic nitrogens is 3. The first-order chi connectivity index (χ1) is 14.5. The van der Waals surface area contributed by atoms with Gasteiger partial charge in [-0.05, 0) is 31.0 Å². The first kappa shape index (κ1) is 22.1. The van der Waals surface area contributed by atoms with Crippen LogP contribution in [0.3, 0.4) is 0 Å². The monoisotopic (exact) mass is 434 g/mol. The molecule has 0 atom stereocenters. The van der Waals surface area contributed by atoms with Crippen LogP contribution in [0.5, 0.6) is 0 Å². The molecule has 0 fully saturated rings. The van der Waals surface area contributed by atoms with Gasteiger partial charge in [-0.2, -0.15) is 22.0 Å². The Morgan fingerprint density at radius 3 is 2.35 bits per heavy atom. The molecule has 10 heteroatoms. The largest absolute Gasteiger partial charge is 0.456 e. The molecule has 0 aliphatic heterocycles. The quantitative estimate of drug-likeness (QED) is 0.420. The van der Waals surface area contributed by atoms with Crippen LogP contribution in [0.2, 0.25) is 0 Å². The number of hydrogen-bond acceptors (Lipinski definition) is 3. The summed E-state index contributed by atoms with van der Waals surface area (Å²) in [6.45, 7) is 10.6. The third-order valence-corrected chi connectivity index (χ3v) is 4.73. The molecule has 0 saturated heterocycles. The van der Waals surface area contributed by atoms with Crippen LogP contribution < -0.4 is 5.56 Å². The number of alkyl halides is 5. The fourth-order valence-corrected chi connectivity index (χ4v) is 3.13. The molecule has 3 rings (SSSR count). The number of halogens is 5. The number of aryl methyl sites for hydroxylation is 2. The van der Waals surface area contributed by atoms with Crippen LogP contribution in [-0.2, 0) is 12.5 Å². The van der Waals surface area contributed by atoms with E-state index in [-0.39, 0.29) is 17.9 Å². The van der Waals surface area contributed by atoms with Crippen molar-refractivity contribution >= 4 is 5.69 Å². The third kappa shape index (κ3) is 4.03. The summed E-state index contributed by atoms with van der Waals surface area (Å²) in [6.07, 6.45) is -2.35. The van der Waals surface area contributed by atoms with E-state index < -0.39 is 28.9 Å². The predicted molar refractivity (Wildman–Crippen MR) is 103 cm³/mol. The second-order valence-electron chi connectivity index (χ2n) is 6.89. The summed E-state index contributed by atoms with van der Waals surface area (Å²) in [5.41, 5.74) is -2.29. The van der Waals surface area contributed by atoms with E-state index >= 15 is 0 Å². The van der Waals surface area contributed by atoms with E-state index in [0.29, 0.717) is 11.6 Å². The maximum Gasteiger partial charge on any atom is 0.456 e. The van der Waals surface area contributed by atoms with Crippen molar-refractivity contribution in [3.63, 3.8) is 0 Å². The second-order valence-corrected chi connectivity index (χ2v) is 6.89. The van der Waals surface area contributed by atoms with E-state index in [0.717, 1.165) is 21.9 Å². The molecule has 0 radical (unpaired) electrons. The van der Waals surface area contributed by atoms with Gasteiger partial charge in [0.05, 0.1) is 25.0 Å². The Balaban J connectivity index is 2.35. The highest BCUT2D eigenvalue weighted by atomic mass is 19.4. The highest BCUT2D eigenvalue weighted by molar-refractivity contribution is 5.63. The Labute approximate surface area is 173 Å². The Morgan fingerprint density at radius 2 is 1.81 bits per heavy atom. The van der Waals surface area contributed by atoms with Gasteiger partial charge in [-0.1, -0.05) is 23.8 Å². The molecule has 3 aromatic rings. The summed E-state index contributed by atoms with van der Waals surface area (Å²) in [6, 6.07) is 5.82. The molecule has 0 aliphatic rings. The molecular weight excluding hydrogens is 419 g/mol. The molecule has 0 spiro atoms. The van der Waals surface area contributed by atoms with Gasteiger partial charge in [0.1, 0.15) is 5.69 Å². The van der Waals surface area contributed by atoms with Gasteiger partial charge in [0, 0.05) is 18.0 Å². The minimum atomic E-state index is -5.99. The van der Waals surface area contributed by atoms with Gasteiger partial charge >= 0.3 is 12.1 Å².